The molecule has 1 heterocycles. The third kappa shape index (κ3) is 2.84. The smallest absolute Gasteiger partial charge is 0.109 e. The first-order valence-electron chi connectivity index (χ1n) is 7.05. The van der Waals surface area contributed by atoms with E-state index in [-0.39, 0.29) is 5.54 Å². The number of hydrogen-bond acceptors (Lipinski definition) is 4. The first kappa shape index (κ1) is 14.2. The molecule has 0 amide bonds. The van der Waals surface area contributed by atoms with Crippen molar-refractivity contribution in [1.82, 2.24) is 5.32 Å². The summed E-state index contributed by atoms with van der Waals surface area (Å²) in [5.41, 5.74) is -0.252. The van der Waals surface area contributed by atoms with Crippen LogP contribution in [0.5, 0.6) is 0 Å². The van der Waals surface area contributed by atoms with Gasteiger partial charge >= 0.3 is 0 Å². The summed E-state index contributed by atoms with van der Waals surface area (Å²) in [5, 5.41) is 13.3. The monoisotopic (exact) mass is 268 g/mol. The molecule has 102 valence electrons. The quantitative estimate of drug-likeness (QED) is 0.832. The highest BCUT2D eigenvalue weighted by molar-refractivity contribution is 7.99. The first-order chi connectivity index (χ1) is 8.72. The van der Waals surface area contributed by atoms with Crippen molar-refractivity contribution in [3.8, 4) is 6.07 Å². The van der Waals surface area contributed by atoms with E-state index in [4.69, 9.17) is 4.74 Å². The molecule has 3 nitrogen and oxygen atoms in total. The Morgan fingerprint density at radius 3 is 2.94 bits per heavy atom. The van der Waals surface area contributed by atoms with E-state index in [2.05, 4.69) is 18.3 Å². The van der Waals surface area contributed by atoms with Crippen molar-refractivity contribution in [2.75, 3.05) is 19.4 Å². The van der Waals surface area contributed by atoms with E-state index in [9.17, 15) is 5.26 Å². The Bertz CT molecular complexity index is 317. The molecule has 2 fully saturated rings. The van der Waals surface area contributed by atoms with Crippen LogP contribution in [0.2, 0.25) is 0 Å². The van der Waals surface area contributed by atoms with Crippen LogP contribution in [0.4, 0.5) is 0 Å². The van der Waals surface area contributed by atoms with E-state index in [0.717, 1.165) is 25.2 Å². The standard InChI is InChI=1S/C14H24N2OS/c1-11-13(5-8-17-11)18-9-6-12-4-3-7-14(12,10-15)16-2/h11-13,16H,3-9H2,1-2H3. The molecule has 0 spiro atoms. The summed E-state index contributed by atoms with van der Waals surface area (Å²) < 4.78 is 5.59. The second-order valence-corrected chi connectivity index (χ2v) is 6.83. The number of nitriles is 1. The van der Waals surface area contributed by atoms with Gasteiger partial charge in [0, 0.05) is 11.9 Å². The van der Waals surface area contributed by atoms with Gasteiger partial charge in [0.25, 0.3) is 0 Å². The molecule has 1 N–H and O–H groups in total. The molecule has 1 aliphatic heterocycles. The maximum Gasteiger partial charge on any atom is 0.109 e. The Morgan fingerprint density at radius 1 is 1.50 bits per heavy atom. The van der Waals surface area contributed by atoms with Crippen LogP contribution in [-0.4, -0.2) is 36.3 Å². The highest BCUT2D eigenvalue weighted by Crippen LogP contribution is 2.38. The number of nitrogens with one attached hydrogen (secondary N) is 1. The minimum Gasteiger partial charge on any atom is -0.377 e. The van der Waals surface area contributed by atoms with Crippen molar-refractivity contribution in [2.45, 2.75) is 55.9 Å². The largest absolute Gasteiger partial charge is 0.377 e. The van der Waals surface area contributed by atoms with E-state index in [1.165, 1.54) is 19.3 Å². The van der Waals surface area contributed by atoms with Gasteiger partial charge < -0.3 is 10.1 Å². The van der Waals surface area contributed by atoms with Crippen LogP contribution in [0.25, 0.3) is 0 Å². The van der Waals surface area contributed by atoms with Crippen molar-refractivity contribution in [2.24, 2.45) is 5.92 Å². The predicted octanol–water partition coefficient (Wildman–Crippen LogP) is 2.57. The molecule has 0 aromatic carbocycles. The molecular formula is C14H24N2OS. The molecule has 2 rings (SSSR count). The Hall–Kier alpha value is -0.240. The Kier molecular flexibility index (Phi) is 4.94. The van der Waals surface area contributed by atoms with E-state index in [1.54, 1.807) is 0 Å². The van der Waals surface area contributed by atoms with Crippen molar-refractivity contribution in [1.29, 1.82) is 5.26 Å². The van der Waals surface area contributed by atoms with E-state index >= 15 is 0 Å². The summed E-state index contributed by atoms with van der Waals surface area (Å²) in [5.74, 6) is 1.69. The summed E-state index contributed by atoms with van der Waals surface area (Å²) in [4.78, 5) is 0. The van der Waals surface area contributed by atoms with Gasteiger partial charge in [0.1, 0.15) is 5.54 Å². The fourth-order valence-corrected chi connectivity index (χ4v) is 4.63. The summed E-state index contributed by atoms with van der Waals surface area (Å²) in [7, 11) is 1.93. The zero-order valence-corrected chi connectivity index (χ0v) is 12.3. The zero-order chi connectivity index (χ0) is 13.0. The molecule has 1 saturated carbocycles. The van der Waals surface area contributed by atoms with Crippen molar-refractivity contribution in [3.05, 3.63) is 0 Å². The molecule has 4 unspecified atom stereocenters. The lowest BCUT2D eigenvalue weighted by molar-refractivity contribution is 0.127. The molecule has 0 aromatic rings. The lowest BCUT2D eigenvalue weighted by Crippen LogP contribution is -2.45. The first-order valence-corrected chi connectivity index (χ1v) is 8.10. The number of hydrogen-bond donors (Lipinski definition) is 1. The second kappa shape index (κ2) is 6.27. The van der Waals surface area contributed by atoms with Crippen molar-refractivity contribution < 1.29 is 4.74 Å². The molecule has 2 aliphatic rings. The number of nitrogens with zero attached hydrogens (tertiary/aromatic N) is 1. The SMILES string of the molecule is CNC1(C#N)CCCC1CCSC1CCOC1C. The minimum atomic E-state index is -0.252. The molecule has 4 heteroatoms. The molecule has 1 aliphatic carbocycles. The molecule has 0 aromatic heterocycles. The van der Waals surface area contributed by atoms with E-state index < -0.39 is 0 Å². The zero-order valence-electron chi connectivity index (χ0n) is 11.4. The van der Waals surface area contributed by atoms with Gasteiger partial charge in [0.15, 0.2) is 0 Å². The maximum atomic E-state index is 9.40. The van der Waals surface area contributed by atoms with Gasteiger partial charge in [-0.3, -0.25) is 0 Å². The molecule has 1 saturated heterocycles. The lowest BCUT2D eigenvalue weighted by atomic mass is 9.87. The highest BCUT2D eigenvalue weighted by Gasteiger charge is 2.41. The average Bonchev–Trinajstić information content (AvgIpc) is 2.97. The van der Waals surface area contributed by atoms with Crippen LogP contribution >= 0.6 is 11.8 Å². The third-order valence-corrected chi connectivity index (χ3v) is 6.09. The van der Waals surface area contributed by atoms with Gasteiger partial charge in [0.2, 0.25) is 0 Å². The molecule has 0 bridgehead atoms. The fourth-order valence-electron chi connectivity index (χ4n) is 3.29. The summed E-state index contributed by atoms with van der Waals surface area (Å²) in [6, 6.07) is 2.52. The molecule has 0 radical (unpaired) electrons. The van der Waals surface area contributed by atoms with Gasteiger partial charge in [-0.25, -0.2) is 0 Å². The van der Waals surface area contributed by atoms with Gasteiger partial charge in [-0.15, -0.1) is 0 Å². The topological polar surface area (TPSA) is 45.0 Å². The summed E-state index contributed by atoms with van der Waals surface area (Å²) >= 11 is 2.04. The minimum absolute atomic E-state index is 0.252. The number of thioether (sulfide) groups is 1. The third-order valence-electron chi connectivity index (χ3n) is 4.57. The van der Waals surface area contributed by atoms with Crippen molar-refractivity contribution in [3.63, 3.8) is 0 Å². The molecular weight excluding hydrogens is 244 g/mol. The van der Waals surface area contributed by atoms with Gasteiger partial charge in [-0.2, -0.15) is 17.0 Å². The average molecular weight is 268 g/mol. The van der Waals surface area contributed by atoms with Gasteiger partial charge in [-0.05, 0) is 51.3 Å². The molecule has 4 atom stereocenters. The maximum absolute atomic E-state index is 9.40. The predicted molar refractivity (Wildman–Crippen MR) is 75.6 cm³/mol. The van der Waals surface area contributed by atoms with Gasteiger partial charge in [-0.1, -0.05) is 6.42 Å². The Balaban J connectivity index is 1.78. The van der Waals surface area contributed by atoms with E-state index in [1.807, 2.05) is 18.8 Å². The molecule has 18 heavy (non-hydrogen) atoms. The lowest BCUT2D eigenvalue weighted by Gasteiger charge is -2.28. The van der Waals surface area contributed by atoms with Crippen molar-refractivity contribution >= 4 is 11.8 Å². The Morgan fingerprint density at radius 2 is 2.33 bits per heavy atom. The van der Waals surface area contributed by atoms with E-state index in [0.29, 0.717) is 17.3 Å². The van der Waals surface area contributed by atoms with Crippen LogP contribution < -0.4 is 5.32 Å². The summed E-state index contributed by atoms with van der Waals surface area (Å²) in [6.07, 6.45) is 6.15. The van der Waals surface area contributed by atoms with Crippen LogP contribution in [0.1, 0.15) is 39.0 Å². The van der Waals surface area contributed by atoms with Crippen LogP contribution in [0.15, 0.2) is 0 Å². The van der Waals surface area contributed by atoms with Crippen LogP contribution in [-0.2, 0) is 4.74 Å². The van der Waals surface area contributed by atoms with Crippen LogP contribution in [0, 0.1) is 17.2 Å². The summed E-state index contributed by atoms with van der Waals surface area (Å²) in [6.45, 7) is 3.09. The normalized spacial score (nSPS) is 39.9. The number of rotatable bonds is 5. The Labute approximate surface area is 115 Å². The van der Waals surface area contributed by atoms with Crippen LogP contribution in [0.3, 0.4) is 0 Å². The highest BCUT2D eigenvalue weighted by atomic mass is 32.2. The number of ether oxygens (including phenoxy) is 1. The fraction of sp³-hybridized carbons (Fsp3) is 0.929. The second-order valence-electron chi connectivity index (χ2n) is 5.48. The van der Waals surface area contributed by atoms with Gasteiger partial charge in [0.05, 0.1) is 12.2 Å².